The van der Waals surface area contributed by atoms with E-state index >= 15 is 0 Å². The van der Waals surface area contributed by atoms with Gasteiger partial charge < -0.3 is 5.32 Å². The van der Waals surface area contributed by atoms with Gasteiger partial charge in [0.05, 0.1) is 0 Å². The van der Waals surface area contributed by atoms with Crippen molar-refractivity contribution in [3.63, 3.8) is 0 Å². The van der Waals surface area contributed by atoms with Gasteiger partial charge in [-0.2, -0.15) is 0 Å². The van der Waals surface area contributed by atoms with Crippen LogP contribution in [0.3, 0.4) is 0 Å². The molecule has 0 saturated heterocycles. The summed E-state index contributed by atoms with van der Waals surface area (Å²) < 4.78 is 0. The van der Waals surface area contributed by atoms with Crippen LogP contribution in [-0.2, 0) is 6.54 Å². The van der Waals surface area contributed by atoms with Crippen molar-refractivity contribution in [2.45, 2.75) is 23.3 Å². The molecule has 17 heavy (non-hydrogen) atoms. The fraction of sp³-hybridized carbons (Fsp3) is 0.200. The first kappa shape index (κ1) is 12.2. The minimum Gasteiger partial charge on any atom is -0.316 e. The Balaban J connectivity index is 2.23. The molecule has 1 N–H and O–H groups in total. The van der Waals surface area contributed by atoms with Crippen LogP contribution in [0.4, 0.5) is 0 Å². The molecule has 2 rings (SSSR count). The summed E-state index contributed by atoms with van der Waals surface area (Å²) in [6.07, 6.45) is 0. The molecule has 0 radical (unpaired) electrons. The van der Waals surface area contributed by atoms with Crippen molar-refractivity contribution >= 4 is 11.8 Å². The van der Waals surface area contributed by atoms with Crippen molar-refractivity contribution < 1.29 is 0 Å². The highest BCUT2D eigenvalue weighted by molar-refractivity contribution is 7.99. The van der Waals surface area contributed by atoms with Crippen molar-refractivity contribution in [2.75, 3.05) is 7.05 Å². The quantitative estimate of drug-likeness (QED) is 0.875. The van der Waals surface area contributed by atoms with Gasteiger partial charge in [0, 0.05) is 16.3 Å². The zero-order chi connectivity index (χ0) is 12.1. The summed E-state index contributed by atoms with van der Waals surface area (Å²) in [6.45, 7) is 3.04. The second-order valence-electron chi connectivity index (χ2n) is 4.06. The van der Waals surface area contributed by atoms with E-state index in [1.54, 1.807) is 0 Å². The smallest absolute Gasteiger partial charge is 0.0213 e. The molecule has 0 atom stereocenters. The fourth-order valence-electron chi connectivity index (χ4n) is 1.75. The van der Waals surface area contributed by atoms with E-state index in [9.17, 15) is 0 Å². The number of benzene rings is 2. The average molecular weight is 243 g/mol. The molecule has 0 aliphatic rings. The van der Waals surface area contributed by atoms with Gasteiger partial charge in [-0.1, -0.05) is 47.7 Å². The van der Waals surface area contributed by atoms with E-state index in [0.717, 1.165) is 6.54 Å². The second-order valence-corrected chi connectivity index (χ2v) is 5.17. The first-order valence-corrected chi connectivity index (χ1v) is 6.58. The van der Waals surface area contributed by atoms with Crippen molar-refractivity contribution in [2.24, 2.45) is 0 Å². The lowest BCUT2D eigenvalue weighted by molar-refractivity contribution is 0.803. The van der Waals surface area contributed by atoms with E-state index in [2.05, 4.69) is 60.8 Å². The Morgan fingerprint density at radius 2 is 1.88 bits per heavy atom. The summed E-state index contributed by atoms with van der Waals surface area (Å²) in [7, 11) is 1.98. The highest BCUT2D eigenvalue weighted by atomic mass is 32.2. The average Bonchev–Trinajstić information content (AvgIpc) is 2.32. The second kappa shape index (κ2) is 5.89. The standard InChI is InChI=1S/C15H17NS/c1-12-6-5-8-14(10-12)17-15-9-4-3-7-13(15)11-16-2/h3-10,16H,11H2,1-2H3. The molecule has 0 fully saturated rings. The number of hydrogen-bond donors (Lipinski definition) is 1. The van der Waals surface area contributed by atoms with Crippen LogP contribution in [0.25, 0.3) is 0 Å². The Hall–Kier alpha value is -1.25. The summed E-state index contributed by atoms with van der Waals surface area (Å²) in [4.78, 5) is 2.63. The Labute approximate surface area is 107 Å². The van der Waals surface area contributed by atoms with Crippen LogP contribution < -0.4 is 5.32 Å². The van der Waals surface area contributed by atoms with Crippen LogP contribution in [0.15, 0.2) is 58.3 Å². The van der Waals surface area contributed by atoms with Crippen LogP contribution in [0.5, 0.6) is 0 Å². The van der Waals surface area contributed by atoms with Crippen LogP contribution in [-0.4, -0.2) is 7.05 Å². The topological polar surface area (TPSA) is 12.0 Å². The molecule has 1 nitrogen and oxygen atoms in total. The van der Waals surface area contributed by atoms with Gasteiger partial charge >= 0.3 is 0 Å². The summed E-state index contributed by atoms with van der Waals surface area (Å²) in [6, 6.07) is 17.2. The Bertz CT molecular complexity index is 494. The number of aryl methyl sites for hydroxylation is 1. The molecule has 0 aromatic heterocycles. The van der Waals surface area contributed by atoms with E-state index in [1.807, 2.05) is 18.8 Å². The van der Waals surface area contributed by atoms with E-state index in [1.165, 1.54) is 20.9 Å². The molecule has 0 aliphatic carbocycles. The molecule has 0 aliphatic heterocycles. The predicted molar refractivity (Wildman–Crippen MR) is 74.5 cm³/mol. The first-order valence-electron chi connectivity index (χ1n) is 5.76. The number of nitrogens with one attached hydrogen (secondary N) is 1. The maximum absolute atomic E-state index is 3.21. The van der Waals surface area contributed by atoms with Gasteiger partial charge in [-0.15, -0.1) is 0 Å². The van der Waals surface area contributed by atoms with Crippen molar-refractivity contribution in [1.29, 1.82) is 0 Å². The third-order valence-corrected chi connectivity index (χ3v) is 3.67. The van der Waals surface area contributed by atoms with Crippen molar-refractivity contribution in [3.8, 4) is 0 Å². The van der Waals surface area contributed by atoms with Crippen molar-refractivity contribution in [3.05, 3.63) is 59.7 Å². The fourth-order valence-corrected chi connectivity index (χ4v) is 2.81. The molecule has 0 unspecified atom stereocenters. The zero-order valence-corrected chi connectivity index (χ0v) is 11.1. The number of hydrogen-bond acceptors (Lipinski definition) is 2. The summed E-state index contributed by atoms with van der Waals surface area (Å²) in [5.41, 5.74) is 2.66. The summed E-state index contributed by atoms with van der Waals surface area (Å²) in [5.74, 6) is 0. The molecule has 2 aromatic carbocycles. The highest BCUT2D eigenvalue weighted by Crippen LogP contribution is 2.30. The highest BCUT2D eigenvalue weighted by Gasteiger charge is 2.03. The van der Waals surface area contributed by atoms with Crippen LogP contribution in [0.1, 0.15) is 11.1 Å². The Morgan fingerprint density at radius 3 is 2.65 bits per heavy atom. The SMILES string of the molecule is CNCc1ccccc1Sc1cccc(C)c1. The van der Waals surface area contributed by atoms with Gasteiger partial charge in [0.2, 0.25) is 0 Å². The maximum Gasteiger partial charge on any atom is 0.0213 e. The Morgan fingerprint density at radius 1 is 1.06 bits per heavy atom. The minimum atomic E-state index is 0.912. The first-order chi connectivity index (χ1) is 8.29. The van der Waals surface area contributed by atoms with Crippen LogP contribution in [0.2, 0.25) is 0 Å². The third-order valence-electron chi connectivity index (χ3n) is 2.56. The van der Waals surface area contributed by atoms with E-state index in [-0.39, 0.29) is 0 Å². The molecule has 0 bridgehead atoms. The summed E-state index contributed by atoms with van der Waals surface area (Å²) >= 11 is 1.83. The van der Waals surface area contributed by atoms with Gasteiger partial charge in [-0.05, 0) is 37.7 Å². The van der Waals surface area contributed by atoms with Gasteiger partial charge in [0.15, 0.2) is 0 Å². The van der Waals surface area contributed by atoms with Crippen LogP contribution in [0, 0.1) is 6.92 Å². The van der Waals surface area contributed by atoms with Gasteiger partial charge in [-0.25, -0.2) is 0 Å². The maximum atomic E-state index is 3.21. The van der Waals surface area contributed by atoms with Gasteiger partial charge in [0.1, 0.15) is 0 Å². The molecule has 88 valence electrons. The molecule has 0 spiro atoms. The molecular weight excluding hydrogens is 226 g/mol. The number of rotatable bonds is 4. The molecule has 2 aromatic rings. The van der Waals surface area contributed by atoms with Crippen LogP contribution >= 0.6 is 11.8 Å². The Kier molecular flexibility index (Phi) is 4.24. The van der Waals surface area contributed by atoms with E-state index in [4.69, 9.17) is 0 Å². The third kappa shape index (κ3) is 3.35. The normalized spacial score (nSPS) is 10.5. The van der Waals surface area contributed by atoms with Gasteiger partial charge in [0.25, 0.3) is 0 Å². The molecule has 2 heteroatoms. The lowest BCUT2D eigenvalue weighted by Crippen LogP contribution is -2.05. The molecular formula is C15H17NS. The van der Waals surface area contributed by atoms with E-state index < -0.39 is 0 Å². The molecule has 0 amide bonds. The largest absolute Gasteiger partial charge is 0.316 e. The minimum absolute atomic E-state index is 0.912. The lowest BCUT2D eigenvalue weighted by atomic mass is 10.2. The molecule has 0 saturated carbocycles. The van der Waals surface area contributed by atoms with E-state index in [0.29, 0.717) is 0 Å². The van der Waals surface area contributed by atoms with Crippen molar-refractivity contribution in [1.82, 2.24) is 5.32 Å². The monoisotopic (exact) mass is 243 g/mol. The lowest BCUT2D eigenvalue weighted by Gasteiger charge is -2.08. The summed E-state index contributed by atoms with van der Waals surface area (Å²) in [5, 5.41) is 3.21. The zero-order valence-electron chi connectivity index (χ0n) is 10.2. The predicted octanol–water partition coefficient (Wildman–Crippen LogP) is 3.87. The molecule has 0 heterocycles. The van der Waals surface area contributed by atoms with Gasteiger partial charge in [-0.3, -0.25) is 0 Å².